The molecule has 1 aliphatic heterocycles. The maximum Gasteiger partial charge on any atom is 0.256 e. The summed E-state index contributed by atoms with van der Waals surface area (Å²) in [7, 11) is 3.73. The van der Waals surface area contributed by atoms with Gasteiger partial charge in [-0.3, -0.25) is 14.5 Å². The number of fused-ring (bicyclic) bond motifs is 1. The summed E-state index contributed by atoms with van der Waals surface area (Å²) in [5.41, 5.74) is 2.45. The second-order valence-corrected chi connectivity index (χ2v) is 13.0. The number of likely N-dealkylation sites (tertiary alicyclic amines) is 1. The van der Waals surface area contributed by atoms with Crippen LogP contribution in [0, 0.1) is 11.3 Å². The molecule has 2 aromatic carbocycles. The lowest BCUT2D eigenvalue weighted by atomic mass is 10.2. The van der Waals surface area contributed by atoms with Crippen LogP contribution in [0.5, 0.6) is 17.2 Å². The number of hydrogen-bond donors (Lipinski definition) is 2. The molecule has 2 amide bonds. The highest BCUT2D eigenvalue weighted by molar-refractivity contribution is 6.04. The number of anilines is 2. The lowest BCUT2D eigenvalue weighted by Crippen LogP contribution is -2.30. The summed E-state index contributed by atoms with van der Waals surface area (Å²) in [5.74, 6) is 2.36. The van der Waals surface area contributed by atoms with Gasteiger partial charge in [-0.25, -0.2) is 14.6 Å². The number of nitrogens with one attached hydrogen (secondary N) is 2. The first-order valence-electron chi connectivity index (χ1n) is 17.2. The van der Waals surface area contributed by atoms with Crippen LogP contribution in [0.2, 0.25) is 0 Å². The maximum absolute atomic E-state index is 13.0. The average Bonchev–Trinajstić information content (AvgIpc) is 3.83. The molecule has 1 aliphatic carbocycles. The summed E-state index contributed by atoms with van der Waals surface area (Å²) in [6, 6.07) is 22.1. The Hall–Kier alpha value is -6.26. The minimum atomic E-state index is -0.364. The Kier molecular flexibility index (Phi) is 10.1. The van der Waals surface area contributed by atoms with Crippen molar-refractivity contribution in [3.63, 3.8) is 0 Å². The van der Waals surface area contributed by atoms with E-state index in [0.717, 1.165) is 24.3 Å². The predicted molar refractivity (Wildman–Crippen MR) is 196 cm³/mol. The van der Waals surface area contributed by atoms with Crippen molar-refractivity contribution in [2.75, 3.05) is 44.4 Å². The van der Waals surface area contributed by atoms with Gasteiger partial charge in [-0.15, -0.1) is 0 Å². The Morgan fingerprint density at radius 3 is 2.54 bits per heavy atom. The van der Waals surface area contributed by atoms with Crippen LogP contribution in [0.1, 0.15) is 40.7 Å². The van der Waals surface area contributed by atoms with Gasteiger partial charge in [-0.1, -0.05) is 18.2 Å². The number of rotatable bonds is 13. The van der Waals surface area contributed by atoms with Gasteiger partial charge in [-0.2, -0.15) is 10.4 Å². The van der Waals surface area contributed by atoms with Crippen molar-refractivity contribution in [3.8, 4) is 23.3 Å². The van der Waals surface area contributed by atoms with Gasteiger partial charge in [-0.05, 0) is 80.4 Å². The van der Waals surface area contributed by atoms with Crippen molar-refractivity contribution >= 4 is 34.5 Å². The summed E-state index contributed by atoms with van der Waals surface area (Å²) in [6.45, 7) is 2.42. The van der Waals surface area contributed by atoms with Crippen LogP contribution in [0.3, 0.4) is 0 Å². The fourth-order valence-electron chi connectivity index (χ4n) is 6.19. The van der Waals surface area contributed by atoms with Gasteiger partial charge in [0.15, 0.2) is 11.5 Å². The Morgan fingerprint density at radius 2 is 1.79 bits per heavy atom. The number of aromatic nitrogens is 4. The van der Waals surface area contributed by atoms with E-state index >= 15 is 0 Å². The smallest absolute Gasteiger partial charge is 0.256 e. The van der Waals surface area contributed by atoms with Crippen LogP contribution in [0.15, 0.2) is 91.3 Å². The monoisotopic (exact) mass is 697 g/mol. The SMILES string of the molecule is COc1ccc(Cn2nc(NC3CCN(C(=O)/C=C/CN(C)C4CC4)C3)c3c(Oc4ccc(C(=O)Nc5cc(C#N)ccn5)cc4)ccnc32)cc1. The van der Waals surface area contributed by atoms with Crippen molar-refractivity contribution < 1.29 is 19.1 Å². The Balaban J connectivity index is 1.10. The van der Waals surface area contributed by atoms with Crippen molar-refractivity contribution in [1.29, 1.82) is 5.26 Å². The van der Waals surface area contributed by atoms with Crippen molar-refractivity contribution in [1.82, 2.24) is 29.5 Å². The standard InChI is InChI=1S/C39H39N9O4/c1-46(30-9-10-30)20-3-4-35(49)47-21-17-29(25-47)43-37-36-33(16-19-42-38(36)48(45-37)24-26-5-11-31(51-2)12-6-26)52-32-13-7-28(8-14-32)39(50)44-34-22-27(23-40)15-18-41-34/h3-8,11-16,18-19,22,29-30H,9-10,17,20-21,24-25H2,1-2H3,(H,43,45)(H,41,44,50)/b4-3+. The minimum absolute atomic E-state index is 0.0122. The molecule has 13 heteroatoms. The zero-order chi connectivity index (χ0) is 36.0. The molecule has 2 N–H and O–H groups in total. The van der Waals surface area contributed by atoms with Crippen molar-refractivity contribution in [2.24, 2.45) is 0 Å². The third-order valence-corrected chi connectivity index (χ3v) is 9.23. The second kappa shape index (κ2) is 15.3. The average molecular weight is 698 g/mol. The van der Waals surface area contributed by atoms with Gasteiger partial charge in [0.25, 0.3) is 5.91 Å². The minimum Gasteiger partial charge on any atom is -0.497 e. The molecule has 264 valence electrons. The maximum atomic E-state index is 13.0. The topological polar surface area (TPSA) is 151 Å². The Labute approximate surface area is 301 Å². The van der Waals surface area contributed by atoms with E-state index in [1.807, 2.05) is 46.0 Å². The molecule has 7 rings (SSSR count). The molecule has 0 radical (unpaired) electrons. The van der Waals surface area contributed by atoms with Crippen LogP contribution < -0.4 is 20.1 Å². The highest BCUT2D eigenvalue weighted by atomic mass is 16.5. The first-order valence-corrected chi connectivity index (χ1v) is 17.2. The van der Waals surface area contributed by atoms with E-state index in [4.69, 9.17) is 24.8 Å². The predicted octanol–water partition coefficient (Wildman–Crippen LogP) is 5.46. The zero-order valence-electron chi connectivity index (χ0n) is 29.0. The first-order chi connectivity index (χ1) is 25.4. The van der Waals surface area contributed by atoms with Crippen LogP contribution in [0.4, 0.5) is 11.6 Å². The van der Waals surface area contributed by atoms with Gasteiger partial charge in [0.1, 0.15) is 28.5 Å². The molecule has 13 nitrogen and oxygen atoms in total. The molecule has 3 aromatic heterocycles. The first kappa shape index (κ1) is 34.2. The number of carbonyl (C=O) groups excluding carboxylic acids is 2. The Bertz CT molecular complexity index is 2140. The Morgan fingerprint density at radius 1 is 1.02 bits per heavy atom. The molecular weight excluding hydrogens is 658 g/mol. The molecular formula is C39H39N9O4. The fraction of sp³-hybridized carbons (Fsp3) is 0.282. The molecule has 1 atom stereocenters. The van der Waals surface area contributed by atoms with E-state index in [0.29, 0.717) is 65.2 Å². The molecule has 5 aromatic rings. The lowest BCUT2D eigenvalue weighted by Gasteiger charge is -2.16. The van der Waals surface area contributed by atoms with Crippen LogP contribution >= 0.6 is 0 Å². The largest absolute Gasteiger partial charge is 0.497 e. The van der Waals surface area contributed by atoms with Gasteiger partial charge in [0, 0.05) is 61.8 Å². The van der Waals surface area contributed by atoms with E-state index in [1.165, 1.54) is 25.1 Å². The summed E-state index contributed by atoms with van der Waals surface area (Å²) < 4.78 is 13.6. The molecule has 4 heterocycles. The summed E-state index contributed by atoms with van der Waals surface area (Å²) in [5, 5.41) is 21.1. The summed E-state index contributed by atoms with van der Waals surface area (Å²) in [4.78, 5) is 38.9. The van der Waals surface area contributed by atoms with Crippen LogP contribution in [0.25, 0.3) is 11.0 Å². The number of carbonyl (C=O) groups is 2. The molecule has 52 heavy (non-hydrogen) atoms. The number of nitriles is 1. The summed E-state index contributed by atoms with van der Waals surface area (Å²) >= 11 is 0. The number of hydrogen-bond acceptors (Lipinski definition) is 10. The van der Waals surface area contributed by atoms with Crippen LogP contribution in [-0.2, 0) is 11.3 Å². The summed E-state index contributed by atoms with van der Waals surface area (Å²) in [6.07, 6.45) is 10.0. The van der Waals surface area contributed by atoms with E-state index in [1.54, 1.807) is 55.8 Å². The van der Waals surface area contributed by atoms with Crippen molar-refractivity contribution in [2.45, 2.75) is 37.9 Å². The normalized spacial score (nSPS) is 15.6. The van der Waals surface area contributed by atoms with Gasteiger partial charge in [0.2, 0.25) is 5.91 Å². The van der Waals surface area contributed by atoms with Crippen molar-refractivity contribution in [3.05, 3.63) is 108 Å². The number of ether oxygens (including phenoxy) is 2. The number of benzene rings is 2. The van der Waals surface area contributed by atoms with E-state index in [2.05, 4.69) is 27.6 Å². The van der Waals surface area contributed by atoms with Gasteiger partial charge >= 0.3 is 0 Å². The molecule has 0 bridgehead atoms. The number of methoxy groups -OCH3 is 1. The third kappa shape index (κ3) is 8.03. The van der Waals surface area contributed by atoms with E-state index in [9.17, 15) is 9.59 Å². The molecule has 1 saturated carbocycles. The molecule has 1 saturated heterocycles. The molecule has 0 spiro atoms. The molecule has 1 unspecified atom stereocenters. The molecule has 2 aliphatic rings. The lowest BCUT2D eigenvalue weighted by molar-refractivity contribution is -0.125. The second-order valence-electron chi connectivity index (χ2n) is 13.0. The fourth-order valence-corrected chi connectivity index (χ4v) is 6.19. The van der Waals surface area contributed by atoms with Gasteiger partial charge < -0.3 is 25.0 Å². The van der Waals surface area contributed by atoms with Crippen LogP contribution in [-0.4, -0.2) is 87.2 Å². The van der Waals surface area contributed by atoms with Gasteiger partial charge in [0.05, 0.1) is 25.3 Å². The third-order valence-electron chi connectivity index (χ3n) is 9.23. The highest BCUT2D eigenvalue weighted by Crippen LogP contribution is 2.35. The highest BCUT2D eigenvalue weighted by Gasteiger charge is 2.28. The number of nitrogens with zero attached hydrogens (tertiary/aromatic N) is 7. The number of pyridine rings is 2. The quantitative estimate of drug-likeness (QED) is 0.152. The molecule has 2 fully saturated rings. The van der Waals surface area contributed by atoms with E-state index in [-0.39, 0.29) is 23.7 Å². The van der Waals surface area contributed by atoms with E-state index < -0.39 is 0 Å². The number of amides is 2. The number of likely N-dealkylation sites (N-methyl/N-ethyl adjacent to an activating group) is 1. The zero-order valence-corrected chi connectivity index (χ0v) is 29.0.